The number of benzene rings is 2. The molecule has 1 aliphatic rings. The van der Waals surface area contributed by atoms with E-state index in [2.05, 4.69) is 5.32 Å². The van der Waals surface area contributed by atoms with E-state index in [9.17, 15) is 18.9 Å². The summed E-state index contributed by atoms with van der Waals surface area (Å²) in [6, 6.07) is 9.16. The smallest absolute Gasteiger partial charge is 0.275 e. The lowest BCUT2D eigenvalue weighted by Crippen LogP contribution is -2.21. The standard InChI is InChI=1S/C15H12F2N2O2/c16-13-7-12(19(20)21)8-14(17)15(13)18-11-5-9-3-1-2-4-10(9)6-11/h1-4,7-8,11,18H,5-6H2. The number of nitro benzene ring substituents is 1. The summed E-state index contributed by atoms with van der Waals surface area (Å²) in [5.74, 6) is -1.89. The fraction of sp³-hybridized carbons (Fsp3) is 0.200. The highest BCUT2D eigenvalue weighted by atomic mass is 19.1. The van der Waals surface area contributed by atoms with E-state index >= 15 is 0 Å². The minimum absolute atomic E-state index is 0.118. The van der Waals surface area contributed by atoms with Gasteiger partial charge in [0.1, 0.15) is 5.69 Å². The highest BCUT2D eigenvalue weighted by Gasteiger charge is 2.24. The van der Waals surface area contributed by atoms with Gasteiger partial charge >= 0.3 is 0 Å². The van der Waals surface area contributed by atoms with Crippen LogP contribution < -0.4 is 5.32 Å². The quantitative estimate of drug-likeness (QED) is 0.695. The summed E-state index contributed by atoms with van der Waals surface area (Å²) in [4.78, 5) is 9.74. The van der Waals surface area contributed by atoms with Crippen molar-refractivity contribution in [2.45, 2.75) is 18.9 Å². The van der Waals surface area contributed by atoms with Crippen LogP contribution >= 0.6 is 0 Å². The van der Waals surface area contributed by atoms with E-state index in [4.69, 9.17) is 0 Å². The van der Waals surface area contributed by atoms with Crippen LogP contribution in [-0.4, -0.2) is 11.0 Å². The fourth-order valence-electron chi connectivity index (χ4n) is 2.67. The van der Waals surface area contributed by atoms with Crippen molar-refractivity contribution in [3.8, 4) is 0 Å². The molecule has 108 valence electrons. The van der Waals surface area contributed by atoms with Gasteiger partial charge in [0.05, 0.1) is 17.1 Å². The minimum Gasteiger partial charge on any atom is -0.377 e. The van der Waals surface area contributed by atoms with Gasteiger partial charge < -0.3 is 5.32 Å². The van der Waals surface area contributed by atoms with E-state index in [0.717, 1.165) is 23.3 Å². The Morgan fingerprint density at radius 1 is 1.10 bits per heavy atom. The zero-order valence-electron chi connectivity index (χ0n) is 11.0. The molecular weight excluding hydrogens is 278 g/mol. The van der Waals surface area contributed by atoms with Gasteiger partial charge in [-0.05, 0) is 24.0 Å². The molecule has 1 aliphatic carbocycles. The maximum Gasteiger partial charge on any atom is 0.275 e. The number of anilines is 1. The normalized spacial score (nSPS) is 14.0. The third kappa shape index (κ3) is 2.56. The van der Waals surface area contributed by atoms with E-state index in [-0.39, 0.29) is 11.7 Å². The zero-order valence-corrected chi connectivity index (χ0v) is 11.0. The first-order valence-corrected chi connectivity index (χ1v) is 6.51. The Hall–Kier alpha value is -2.50. The molecule has 0 amide bonds. The van der Waals surface area contributed by atoms with Crippen LogP contribution in [0.15, 0.2) is 36.4 Å². The van der Waals surface area contributed by atoms with Crippen molar-refractivity contribution in [1.82, 2.24) is 0 Å². The van der Waals surface area contributed by atoms with E-state index in [1.807, 2.05) is 24.3 Å². The first-order chi connectivity index (χ1) is 10.0. The molecule has 0 saturated carbocycles. The van der Waals surface area contributed by atoms with Crippen molar-refractivity contribution >= 4 is 11.4 Å². The molecule has 4 nitrogen and oxygen atoms in total. The average molecular weight is 290 g/mol. The molecule has 21 heavy (non-hydrogen) atoms. The summed E-state index contributed by atoms with van der Waals surface area (Å²) < 4.78 is 27.7. The molecule has 2 aromatic carbocycles. The van der Waals surface area contributed by atoms with Crippen molar-refractivity contribution in [2.75, 3.05) is 5.32 Å². The Morgan fingerprint density at radius 3 is 2.10 bits per heavy atom. The number of hydrogen-bond donors (Lipinski definition) is 1. The Bertz CT molecular complexity index is 671. The molecule has 0 aliphatic heterocycles. The first-order valence-electron chi connectivity index (χ1n) is 6.51. The number of nitrogens with one attached hydrogen (secondary N) is 1. The third-order valence-electron chi connectivity index (χ3n) is 3.64. The number of rotatable bonds is 3. The van der Waals surface area contributed by atoms with Crippen LogP contribution in [0.4, 0.5) is 20.2 Å². The molecule has 3 rings (SSSR count). The molecule has 0 heterocycles. The summed E-state index contributed by atoms with van der Waals surface area (Å²) in [5, 5.41) is 13.4. The molecule has 0 unspecified atom stereocenters. The maximum atomic E-state index is 13.8. The lowest BCUT2D eigenvalue weighted by molar-refractivity contribution is -0.385. The maximum absolute atomic E-state index is 13.8. The largest absolute Gasteiger partial charge is 0.377 e. The number of non-ortho nitro benzene ring substituents is 1. The molecule has 0 bridgehead atoms. The molecular formula is C15H12F2N2O2. The molecule has 0 saturated heterocycles. The number of halogens is 2. The predicted octanol–water partition coefficient (Wildman–Crippen LogP) is 3.45. The fourth-order valence-corrected chi connectivity index (χ4v) is 2.67. The molecule has 0 spiro atoms. The van der Waals surface area contributed by atoms with E-state index in [1.165, 1.54) is 0 Å². The highest BCUT2D eigenvalue weighted by molar-refractivity contribution is 5.53. The van der Waals surface area contributed by atoms with Crippen LogP contribution in [0.25, 0.3) is 0 Å². The molecule has 0 atom stereocenters. The van der Waals surface area contributed by atoms with Gasteiger partial charge in [0, 0.05) is 6.04 Å². The molecule has 1 N–H and O–H groups in total. The average Bonchev–Trinajstić information content (AvgIpc) is 2.85. The second kappa shape index (κ2) is 5.12. The van der Waals surface area contributed by atoms with Crippen LogP contribution in [0, 0.1) is 21.7 Å². The lowest BCUT2D eigenvalue weighted by Gasteiger charge is -2.15. The van der Waals surface area contributed by atoms with Crippen molar-refractivity contribution < 1.29 is 13.7 Å². The van der Waals surface area contributed by atoms with Crippen LogP contribution in [-0.2, 0) is 12.8 Å². The SMILES string of the molecule is O=[N+]([O-])c1cc(F)c(NC2Cc3ccccc3C2)c(F)c1. The van der Waals surface area contributed by atoms with Gasteiger partial charge in [-0.1, -0.05) is 24.3 Å². The van der Waals surface area contributed by atoms with Crippen molar-refractivity contribution in [2.24, 2.45) is 0 Å². The van der Waals surface area contributed by atoms with Crippen molar-refractivity contribution in [1.29, 1.82) is 0 Å². The third-order valence-corrected chi connectivity index (χ3v) is 3.64. The summed E-state index contributed by atoms with van der Waals surface area (Å²) in [6.45, 7) is 0. The highest BCUT2D eigenvalue weighted by Crippen LogP contribution is 2.29. The lowest BCUT2D eigenvalue weighted by atomic mass is 10.1. The zero-order chi connectivity index (χ0) is 15.0. The summed E-state index contributed by atoms with van der Waals surface area (Å²) in [6.07, 6.45) is 1.35. The van der Waals surface area contributed by atoms with Gasteiger partial charge in [0.2, 0.25) is 0 Å². The van der Waals surface area contributed by atoms with Crippen LogP contribution in [0.5, 0.6) is 0 Å². The Labute approximate surface area is 119 Å². The number of hydrogen-bond acceptors (Lipinski definition) is 3. The van der Waals surface area contributed by atoms with Gasteiger partial charge in [-0.2, -0.15) is 0 Å². The van der Waals surface area contributed by atoms with Crippen LogP contribution in [0.2, 0.25) is 0 Å². The predicted molar refractivity (Wildman–Crippen MR) is 74.3 cm³/mol. The van der Waals surface area contributed by atoms with E-state index in [1.54, 1.807) is 0 Å². The summed E-state index contributed by atoms with van der Waals surface area (Å²) >= 11 is 0. The minimum atomic E-state index is -0.947. The second-order valence-electron chi connectivity index (χ2n) is 5.06. The monoisotopic (exact) mass is 290 g/mol. The Morgan fingerprint density at radius 2 is 1.62 bits per heavy atom. The molecule has 0 radical (unpaired) electrons. The van der Waals surface area contributed by atoms with Crippen molar-refractivity contribution in [3.05, 3.63) is 69.3 Å². The second-order valence-corrected chi connectivity index (χ2v) is 5.06. The summed E-state index contributed by atoms with van der Waals surface area (Å²) in [5.41, 5.74) is 1.40. The van der Waals surface area contributed by atoms with E-state index < -0.39 is 22.2 Å². The summed E-state index contributed by atoms with van der Waals surface area (Å²) in [7, 11) is 0. The molecule has 0 fully saturated rings. The van der Waals surface area contributed by atoms with Gasteiger partial charge in [-0.3, -0.25) is 10.1 Å². The molecule has 2 aromatic rings. The Balaban J connectivity index is 1.82. The van der Waals surface area contributed by atoms with Gasteiger partial charge in [0.15, 0.2) is 11.6 Å². The molecule has 6 heteroatoms. The van der Waals surface area contributed by atoms with Gasteiger partial charge in [0.25, 0.3) is 5.69 Å². The number of nitro groups is 1. The number of nitrogens with zero attached hydrogens (tertiary/aromatic N) is 1. The van der Waals surface area contributed by atoms with Gasteiger partial charge in [-0.25, -0.2) is 8.78 Å². The molecule has 0 aromatic heterocycles. The first kappa shape index (κ1) is 13.5. The topological polar surface area (TPSA) is 55.2 Å². The van der Waals surface area contributed by atoms with Gasteiger partial charge in [-0.15, -0.1) is 0 Å². The number of fused-ring (bicyclic) bond motifs is 1. The van der Waals surface area contributed by atoms with Crippen LogP contribution in [0.3, 0.4) is 0 Å². The Kier molecular flexibility index (Phi) is 3.29. The van der Waals surface area contributed by atoms with Crippen LogP contribution in [0.1, 0.15) is 11.1 Å². The van der Waals surface area contributed by atoms with E-state index in [0.29, 0.717) is 12.8 Å². The van der Waals surface area contributed by atoms with Crippen molar-refractivity contribution in [3.63, 3.8) is 0 Å².